The molecule has 1 N–H and O–H groups in total. The van der Waals surface area contributed by atoms with Gasteiger partial charge in [0.25, 0.3) is 0 Å². The highest BCUT2D eigenvalue weighted by Crippen LogP contribution is 2.41. The van der Waals surface area contributed by atoms with Crippen LogP contribution >= 0.6 is 0 Å². The number of hydrogen-bond acceptors (Lipinski definition) is 2. The van der Waals surface area contributed by atoms with Crippen LogP contribution in [0.25, 0.3) is 0 Å². The Hall–Kier alpha value is -0.0800. The van der Waals surface area contributed by atoms with Crippen LogP contribution in [0.15, 0.2) is 0 Å². The molecular weight excluding hydrogens is 138 g/mol. The van der Waals surface area contributed by atoms with E-state index in [1.165, 1.54) is 13.0 Å². The number of fused-ring (bicyclic) bond motifs is 1. The summed E-state index contributed by atoms with van der Waals surface area (Å²) in [5.74, 6) is 0.609. The highest BCUT2D eigenvalue weighted by atomic mass is 16.3. The van der Waals surface area contributed by atoms with E-state index in [9.17, 15) is 5.11 Å². The molecule has 1 saturated carbocycles. The number of hydrogen-bond donors (Lipinski definition) is 1. The van der Waals surface area contributed by atoms with E-state index in [2.05, 4.69) is 18.7 Å². The fourth-order valence-corrected chi connectivity index (χ4v) is 2.53. The number of aliphatic hydroxyl groups is 1. The van der Waals surface area contributed by atoms with Gasteiger partial charge in [-0.1, -0.05) is 0 Å². The van der Waals surface area contributed by atoms with Gasteiger partial charge >= 0.3 is 0 Å². The van der Waals surface area contributed by atoms with Crippen LogP contribution in [-0.4, -0.2) is 34.7 Å². The molecular formula is C9H17NO. The molecule has 0 amide bonds. The summed E-state index contributed by atoms with van der Waals surface area (Å²) in [6, 6.07) is 1.38. The van der Waals surface area contributed by atoms with Gasteiger partial charge in [0.05, 0.1) is 6.10 Å². The van der Waals surface area contributed by atoms with Crippen molar-refractivity contribution in [1.82, 2.24) is 4.90 Å². The van der Waals surface area contributed by atoms with E-state index >= 15 is 0 Å². The van der Waals surface area contributed by atoms with E-state index in [-0.39, 0.29) is 6.10 Å². The van der Waals surface area contributed by atoms with Gasteiger partial charge in [-0.05, 0) is 33.2 Å². The first-order chi connectivity index (χ1) is 5.20. The fraction of sp³-hybridized carbons (Fsp3) is 1.00. The Bertz CT molecular complexity index is 158. The number of rotatable bonds is 1. The standard InChI is InChI=1S/C9H17NO/c1-6(2)10-4-3-7-8(10)5-9(7)11/h6-9,11H,3-5H2,1-2H3. The minimum absolute atomic E-state index is 0.0174. The monoisotopic (exact) mass is 155 g/mol. The van der Waals surface area contributed by atoms with Gasteiger partial charge in [-0.3, -0.25) is 4.90 Å². The van der Waals surface area contributed by atoms with E-state index in [1.54, 1.807) is 0 Å². The normalized spacial score (nSPS) is 44.2. The van der Waals surface area contributed by atoms with Crippen LogP contribution in [0.1, 0.15) is 26.7 Å². The third-order valence-corrected chi connectivity index (χ3v) is 3.28. The summed E-state index contributed by atoms with van der Waals surface area (Å²) in [6.45, 7) is 5.68. The summed E-state index contributed by atoms with van der Waals surface area (Å²) < 4.78 is 0. The van der Waals surface area contributed by atoms with Crippen molar-refractivity contribution >= 4 is 0 Å². The highest BCUT2D eigenvalue weighted by Gasteiger charge is 2.47. The second-order valence-electron chi connectivity index (χ2n) is 4.15. The summed E-state index contributed by atoms with van der Waals surface area (Å²) in [5.41, 5.74) is 0. The van der Waals surface area contributed by atoms with Gasteiger partial charge in [-0.25, -0.2) is 0 Å². The predicted octanol–water partition coefficient (Wildman–Crippen LogP) is 0.850. The van der Waals surface area contributed by atoms with Crippen LogP contribution in [0.4, 0.5) is 0 Å². The summed E-state index contributed by atoms with van der Waals surface area (Å²) in [5, 5.41) is 9.39. The van der Waals surface area contributed by atoms with Crippen LogP contribution < -0.4 is 0 Å². The van der Waals surface area contributed by atoms with E-state index < -0.39 is 0 Å². The minimum Gasteiger partial charge on any atom is -0.393 e. The molecule has 0 spiro atoms. The van der Waals surface area contributed by atoms with E-state index in [0.29, 0.717) is 18.0 Å². The predicted molar refractivity (Wildman–Crippen MR) is 44.4 cm³/mol. The number of aliphatic hydroxyl groups excluding tert-OH is 1. The Morgan fingerprint density at radius 2 is 2.18 bits per heavy atom. The highest BCUT2D eigenvalue weighted by molar-refractivity contribution is 5.01. The number of nitrogens with zero attached hydrogens (tertiary/aromatic N) is 1. The van der Waals surface area contributed by atoms with Crippen molar-refractivity contribution in [2.45, 2.75) is 44.9 Å². The van der Waals surface area contributed by atoms with Crippen molar-refractivity contribution in [2.75, 3.05) is 6.54 Å². The molecule has 1 saturated heterocycles. The molecule has 1 aliphatic carbocycles. The first-order valence-corrected chi connectivity index (χ1v) is 4.64. The van der Waals surface area contributed by atoms with Crippen LogP contribution in [-0.2, 0) is 0 Å². The maximum absolute atomic E-state index is 9.39. The minimum atomic E-state index is 0.0174. The zero-order chi connectivity index (χ0) is 8.01. The molecule has 1 heterocycles. The maximum Gasteiger partial charge on any atom is 0.0598 e. The van der Waals surface area contributed by atoms with Gasteiger partial charge in [-0.15, -0.1) is 0 Å². The molecule has 1 aliphatic heterocycles. The molecule has 11 heavy (non-hydrogen) atoms. The average Bonchev–Trinajstić information content (AvgIpc) is 2.25. The molecule has 0 aromatic heterocycles. The first kappa shape index (κ1) is 7.56. The second-order valence-corrected chi connectivity index (χ2v) is 4.15. The summed E-state index contributed by atoms with van der Waals surface area (Å²) in [7, 11) is 0. The molecule has 3 atom stereocenters. The lowest BCUT2D eigenvalue weighted by Gasteiger charge is -2.42. The fourth-order valence-electron chi connectivity index (χ4n) is 2.53. The van der Waals surface area contributed by atoms with Crippen molar-refractivity contribution < 1.29 is 5.11 Å². The first-order valence-electron chi connectivity index (χ1n) is 4.64. The molecule has 3 unspecified atom stereocenters. The SMILES string of the molecule is CC(C)N1CCC2C(O)CC21. The molecule has 2 fully saturated rings. The zero-order valence-corrected chi connectivity index (χ0v) is 7.33. The van der Waals surface area contributed by atoms with E-state index in [4.69, 9.17) is 0 Å². The summed E-state index contributed by atoms with van der Waals surface area (Å²) >= 11 is 0. The largest absolute Gasteiger partial charge is 0.393 e. The molecule has 0 aromatic carbocycles. The maximum atomic E-state index is 9.39. The van der Waals surface area contributed by atoms with Gasteiger partial charge in [0.15, 0.2) is 0 Å². The average molecular weight is 155 g/mol. The quantitative estimate of drug-likeness (QED) is 0.607. The molecule has 2 aliphatic rings. The molecule has 0 radical (unpaired) electrons. The lowest BCUT2D eigenvalue weighted by Crippen LogP contribution is -2.50. The molecule has 2 nitrogen and oxygen atoms in total. The Labute approximate surface area is 68.2 Å². The zero-order valence-electron chi connectivity index (χ0n) is 7.33. The van der Waals surface area contributed by atoms with Gasteiger partial charge in [-0.2, -0.15) is 0 Å². The third kappa shape index (κ3) is 1.00. The Morgan fingerprint density at radius 3 is 2.64 bits per heavy atom. The molecule has 0 bridgehead atoms. The van der Waals surface area contributed by atoms with Gasteiger partial charge < -0.3 is 5.11 Å². The van der Waals surface area contributed by atoms with Crippen molar-refractivity contribution in [3.63, 3.8) is 0 Å². The lowest BCUT2D eigenvalue weighted by atomic mass is 9.77. The number of likely N-dealkylation sites (tertiary alicyclic amines) is 1. The second kappa shape index (κ2) is 2.46. The third-order valence-electron chi connectivity index (χ3n) is 3.28. The van der Waals surface area contributed by atoms with Crippen molar-refractivity contribution in [3.8, 4) is 0 Å². The van der Waals surface area contributed by atoms with Crippen LogP contribution in [0.2, 0.25) is 0 Å². The van der Waals surface area contributed by atoms with Crippen molar-refractivity contribution in [1.29, 1.82) is 0 Å². The van der Waals surface area contributed by atoms with Crippen molar-refractivity contribution in [3.05, 3.63) is 0 Å². The molecule has 64 valence electrons. The molecule has 2 heteroatoms. The Morgan fingerprint density at radius 1 is 1.45 bits per heavy atom. The van der Waals surface area contributed by atoms with Crippen molar-refractivity contribution in [2.24, 2.45) is 5.92 Å². The Kier molecular flexibility index (Phi) is 1.69. The van der Waals surface area contributed by atoms with Gasteiger partial charge in [0.2, 0.25) is 0 Å². The molecule has 0 aromatic rings. The van der Waals surface area contributed by atoms with E-state index in [1.807, 2.05) is 0 Å². The van der Waals surface area contributed by atoms with Crippen LogP contribution in [0.5, 0.6) is 0 Å². The van der Waals surface area contributed by atoms with E-state index in [0.717, 1.165) is 6.42 Å². The summed E-state index contributed by atoms with van der Waals surface area (Å²) in [6.07, 6.45) is 2.25. The smallest absolute Gasteiger partial charge is 0.0598 e. The summed E-state index contributed by atoms with van der Waals surface area (Å²) in [4.78, 5) is 2.53. The van der Waals surface area contributed by atoms with Crippen LogP contribution in [0, 0.1) is 5.92 Å². The lowest BCUT2D eigenvalue weighted by molar-refractivity contribution is -0.0284. The molecule has 2 rings (SSSR count). The van der Waals surface area contributed by atoms with Crippen LogP contribution in [0.3, 0.4) is 0 Å². The Balaban J connectivity index is 1.99. The topological polar surface area (TPSA) is 23.5 Å². The van der Waals surface area contributed by atoms with Gasteiger partial charge in [0.1, 0.15) is 0 Å². The van der Waals surface area contributed by atoms with Gasteiger partial charge in [0, 0.05) is 18.0 Å².